The van der Waals surface area contributed by atoms with E-state index in [1.54, 1.807) is 30.3 Å². The molecule has 3 aromatic rings. The number of rotatable bonds is 4. The maximum atomic E-state index is 13.0. The first-order chi connectivity index (χ1) is 12.0. The molecule has 126 valence electrons. The van der Waals surface area contributed by atoms with Crippen LogP contribution in [0.3, 0.4) is 0 Å². The van der Waals surface area contributed by atoms with Crippen LogP contribution in [-0.4, -0.2) is 15.9 Å². The molecule has 1 heterocycles. The number of hydrogen-bond donors (Lipinski definition) is 1. The minimum Gasteiger partial charge on any atom is -0.346 e. The molecule has 0 aliphatic rings. The summed E-state index contributed by atoms with van der Waals surface area (Å²) < 4.78 is 13.0. The lowest BCUT2D eigenvalue weighted by Crippen LogP contribution is -2.23. The zero-order chi connectivity index (χ0) is 17.8. The Kier molecular flexibility index (Phi) is 5.26. The van der Waals surface area contributed by atoms with Crippen molar-refractivity contribution in [1.82, 2.24) is 15.3 Å². The second kappa shape index (κ2) is 7.59. The molecule has 4 nitrogen and oxygen atoms in total. The van der Waals surface area contributed by atoms with E-state index in [2.05, 4.69) is 15.3 Å². The molecule has 0 saturated heterocycles. The minimum absolute atomic E-state index is 0.218. The van der Waals surface area contributed by atoms with Gasteiger partial charge in [-0.2, -0.15) is 0 Å². The lowest BCUT2D eigenvalue weighted by atomic mass is 10.1. The van der Waals surface area contributed by atoms with Gasteiger partial charge in [0.15, 0.2) is 0 Å². The average molecular weight is 376 g/mol. The Hall–Kier alpha value is -2.50. The Morgan fingerprint density at radius 3 is 2.48 bits per heavy atom. The Morgan fingerprint density at radius 2 is 1.76 bits per heavy atom. The molecular formula is C18H12Cl2FN3O. The largest absolute Gasteiger partial charge is 0.346 e. The minimum atomic E-state index is -0.313. The second-order valence-corrected chi connectivity index (χ2v) is 6.03. The van der Waals surface area contributed by atoms with E-state index in [1.807, 2.05) is 0 Å². The third-order valence-corrected chi connectivity index (χ3v) is 4.21. The fourth-order valence-corrected chi connectivity index (χ4v) is 2.48. The molecule has 1 N–H and O–H groups in total. The van der Waals surface area contributed by atoms with Gasteiger partial charge in [0.1, 0.15) is 12.1 Å². The van der Waals surface area contributed by atoms with Gasteiger partial charge in [0.05, 0.1) is 28.0 Å². The maximum Gasteiger partial charge on any atom is 0.251 e. The van der Waals surface area contributed by atoms with Crippen molar-refractivity contribution in [3.8, 4) is 11.3 Å². The highest BCUT2D eigenvalue weighted by molar-refractivity contribution is 6.42. The van der Waals surface area contributed by atoms with Crippen LogP contribution in [-0.2, 0) is 6.54 Å². The lowest BCUT2D eigenvalue weighted by Gasteiger charge is -2.07. The van der Waals surface area contributed by atoms with Crippen LogP contribution in [0.5, 0.6) is 0 Å². The Bertz CT molecular complexity index is 916. The van der Waals surface area contributed by atoms with E-state index in [4.69, 9.17) is 23.2 Å². The number of carbonyl (C=O) groups excluding carboxylic acids is 1. The fourth-order valence-electron chi connectivity index (χ4n) is 2.18. The lowest BCUT2D eigenvalue weighted by molar-refractivity contribution is 0.0950. The monoisotopic (exact) mass is 375 g/mol. The first kappa shape index (κ1) is 17.3. The molecule has 0 aliphatic heterocycles. The van der Waals surface area contributed by atoms with Gasteiger partial charge >= 0.3 is 0 Å². The molecule has 2 aromatic carbocycles. The Balaban J connectivity index is 1.71. The summed E-state index contributed by atoms with van der Waals surface area (Å²) in [6.07, 6.45) is 1.40. The number of halogens is 3. The first-order valence-corrected chi connectivity index (χ1v) is 8.08. The summed E-state index contributed by atoms with van der Waals surface area (Å²) in [5.41, 5.74) is 2.44. The van der Waals surface area contributed by atoms with Gasteiger partial charge in [-0.3, -0.25) is 4.79 Å². The molecule has 0 bridgehead atoms. The number of benzene rings is 2. The van der Waals surface area contributed by atoms with E-state index in [-0.39, 0.29) is 18.3 Å². The number of nitrogens with one attached hydrogen (secondary N) is 1. The van der Waals surface area contributed by atoms with E-state index < -0.39 is 0 Å². The van der Waals surface area contributed by atoms with Crippen LogP contribution in [0, 0.1) is 5.82 Å². The topological polar surface area (TPSA) is 54.9 Å². The summed E-state index contributed by atoms with van der Waals surface area (Å²) in [6.45, 7) is 0.218. The van der Waals surface area contributed by atoms with Gasteiger partial charge in [0.25, 0.3) is 5.91 Å². The van der Waals surface area contributed by atoms with Crippen LogP contribution < -0.4 is 5.32 Å². The molecular weight excluding hydrogens is 364 g/mol. The first-order valence-electron chi connectivity index (χ1n) is 7.33. The van der Waals surface area contributed by atoms with Gasteiger partial charge in [0, 0.05) is 11.1 Å². The molecule has 0 aliphatic carbocycles. The predicted octanol–water partition coefficient (Wildman–Crippen LogP) is 4.52. The van der Waals surface area contributed by atoms with Crippen LogP contribution in [0.4, 0.5) is 4.39 Å². The quantitative estimate of drug-likeness (QED) is 0.729. The number of aromatic nitrogens is 2. The third-order valence-electron chi connectivity index (χ3n) is 3.48. The zero-order valence-electron chi connectivity index (χ0n) is 12.8. The summed E-state index contributed by atoms with van der Waals surface area (Å²) in [5, 5.41) is 3.46. The van der Waals surface area contributed by atoms with Crippen molar-refractivity contribution in [3.63, 3.8) is 0 Å². The third kappa shape index (κ3) is 4.32. The van der Waals surface area contributed by atoms with Gasteiger partial charge in [-0.25, -0.2) is 14.4 Å². The number of carbonyl (C=O) groups is 1. The molecule has 0 radical (unpaired) electrons. The molecule has 1 aromatic heterocycles. The predicted molar refractivity (Wildman–Crippen MR) is 95.1 cm³/mol. The van der Waals surface area contributed by atoms with E-state index in [0.717, 1.165) is 5.56 Å². The summed E-state index contributed by atoms with van der Waals surface area (Å²) in [5.74, 6) is -0.604. The highest BCUT2D eigenvalue weighted by Crippen LogP contribution is 2.22. The second-order valence-electron chi connectivity index (χ2n) is 5.21. The normalized spacial score (nSPS) is 10.5. The number of nitrogens with zero attached hydrogens (tertiary/aromatic N) is 2. The molecule has 0 atom stereocenters. The Labute approximate surface area is 153 Å². The van der Waals surface area contributed by atoms with Gasteiger partial charge in [0.2, 0.25) is 0 Å². The SMILES string of the molecule is O=C(NCc1cc(-c2ccc(F)cc2)ncn1)c1ccc(Cl)c(Cl)c1. The van der Waals surface area contributed by atoms with Crippen molar-refractivity contribution in [1.29, 1.82) is 0 Å². The molecule has 25 heavy (non-hydrogen) atoms. The molecule has 0 spiro atoms. The average Bonchev–Trinajstić information content (AvgIpc) is 2.63. The Morgan fingerprint density at radius 1 is 1.00 bits per heavy atom. The van der Waals surface area contributed by atoms with Gasteiger partial charge in [-0.1, -0.05) is 23.2 Å². The highest BCUT2D eigenvalue weighted by Gasteiger charge is 2.09. The van der Waals surface area contributed by atoms with E-state index in [0.29, 0.717) is 27.0 Å². The van der Waals surface area contributed by atoms with Crippen LogP contribution in [0.25, 0.3) is 11.3 Å². The molecule has 3 rings (SSSR count). The molecule has 0 fully saturated rings. The molecule has 0 unspecified atom stereocenters. The molecule has 0 saturated carbocycles. The molecule has 1 amide bonds. The van der Waals surface area contributed by atoms with Crippen molar-refractivity contribution in [2.45, 2.75) is 6.54 Å². The van der Waals surface area contributed by atoms with Crippen LogP contribution >= 0.6 is 23.2 Å². The zero-order valence-corrected chi connectivity index (χ0v) is 14.4. The van der Waals surface area contributed by atoms with Gasteiger partial charge in [-0.15, -0.1) is 0 Å². The standard InChI is InChI=1S/C18H12Cl2FN3O/c19-15-6-3-12(7-16(15)20)18(25)22-9-14-8-17(24-10-23-14)11-1-4-13(21)5-2-11/h1-8,10H,9H2,(H,22,25). The summed E-state index contributed by atoms with van der Waals surface area (Å²) in [4.78, 5) is 20.5. The van der Waals surface area contributed by atoms with Crippen LogP contribution in [0.2, 0.25) is 10.0 Å². The maximum absolute atomic E-state index is 13.0. The van der Waals surface area contributed by atoms with E-state index in [1.165, 1.54) is 24.5 Å². The fraction of sp³-hybridized carbons (Fsp3) is 0.0556. The van der Waals surface area contributed by atoms with Crippen molar-refractivity contribution >= 4 is 29.1 Å². The number of amides is 1. The van der Waals surface area contributed by atoms with Crippen molar-refractivity contribution in [3.05, 3.63) is 82.0 Å². The van der Waals surface area contributed by atoms with Crippen molar-refractivity contribution in [2.75, 3.05) is 0 Å². The van der Waals surface area contributed by atoms with Crippen molar-refractivity contribution in [2.24, 2.45) is 0 Å². The summed E-state index contributed by atoms with van der Waals surface area (Å²) in [7, 11) is 0. The smallest absolute Gasteiger partial charge is 0.251 e. The van der Waals surface area contributed by atoms with Crippen LogP contribution in [0.15, 0.2) is 54.9 Å². The number of hydrogen-bond acceptors (Lipinski definition) is 3. The van der Waals surface area contributed by atoms with Crippen LogP contribution in [0.1, 0.15) is 16.1 Å². The van der Waals surface area contributed by atoms with E-state index in [9.17, 15) is 9.18 Å². The highest BCUT2D eigenvalue weighted by atomic mass is 35.5. The molecule has 7 heteroatoms. The van der Waals surface area contributed by atoms with E-state index >= 15 is 0 Å². The van der Waals surface area contributed by atoms with Gasteiger partial charge in [-0.05, 0) is 48.5 Å². The summed E-state index contributed by atoms with van der Waals surface area (Å²) in [6, 6.07) is 12.4. The van der Waals surface area contributed by atoms with Crippen molar-refractivity contribution < 1.29 is 9.18 Å². The summed E-state index contributed by atoms with van der Waals surface area (Å²) >= 11 is 11.8. The van der Waals surface area contributed by atoms with Gasteiger partial charge < -0.3 is 5.32 Å².